The second kappa shape index (κ2) is 7.03. The number of carbonyl (C=O) groups excluding carboxylic acids is 2. The first-order chi connectivity index (χ1) is 13.4. The van der Waals surface area contributed by atoms with Crippen molar-refractivity contribution in [2.45, 2.75) is 38.8 Å². The highest BCUT2D eigenvalue weighted by molar-refractivity contribution is 5.93. The molecule has 0 aliphatic carbocycles. The van der Waals surface area contributed by atoms with Crippen molar-refractivity contribution in [3.8, 4) is 0 Å². The van der Waals surface area contributed by atoms with Crippen molar-refractivity contribution in [3.05, 3.63) is 64.9 Å². The third kappa shape index (κ3) is 3.45. The van der Waals surface area contributed by atoms with Gasteiger partial charge in [-0.25, -0.2) is 13.9 Å². The molecule has 2 amide bonds. The number of amides is 2. The van der Waals surface area contributed by atoms with Gasteiger partial charge in [-0.05, 0) is 44.0 Å². The van der Waals surface area contributed by atoms with Crippen molar-refractivity contribution in [3.63, 3.8) is 0 Å². The molecular weight excluding hydrogens is 361 g/mol. The van der Waals surface area contributed by atoms with Gasteiger partial charge in [-0.3, -0.25) is 9.59 Å². The lowest BCUT2D eigenvalue weighted by molar-refractivity contribution is -0.123. The van der Waals surface area contributed by atoms with Crippen LogP contribution >= 0.6 is 0 Å². The number of rotatable bonds is 3. The third-order valence-corrected chi connectivity index (χ3v) is 4.91. The van der Waals surface area contributed by atoms with Crippen LogP contribution in [0.5, 0.6) is 0 Å². The van der Waals surface area contributed by atoms with Gasteiger partial charge in [0.05, 0.1) is 12.1 Å². The number of hydrogen-bond donors (Lipinski definition) is 2. The summed E-state index contributed by atoms with van der Waals surface area (Å²) in [6, 6.07) is 8.70. The Hall–Kier alpha value is -3.29. The molecule has 0 bridgehead atoms. The lowest BCUT2D eigenvalue weighted by atomic mass is 9.92. The van der Waals surface area contributed by atoms with Crippen molar-refractivity contribution in [2.75, 3.05) is 0 Å². The van der Waals surface area contributed by atoms with Gasteiger partial charge in [-0.1, -0.05) is 12.1 Å². The van der Waals surface area contributed by atoms with Gasteiger partial charge in [-0.2, -0.15) is 5.10 Å². The molecule has 0 saturated carbocycles. The van der Waals surface area contributed by atoms with E-state index < -0.39 is 6.04 Å². The molecule has 2 atom stereocenters. The van der Waals surface area contributed by atoms with E-state index >= 15 is 0 Å². The quantitative estimate of drug-likeness (QED) is 0.728. The normalized spacial score (nSPS) is 19.5. The fraction of sp³-hybridized carbons (Fsp3) is 0.300. The number of aromatic nitrogens is 3. The van der Waals surface area contributed by atoms with E-state index in [0.717, 1.165) is 17.0 Å². The first-order valence-corrected chi connectivity index (χ1v) is 9.10. The summed E-state index contributed by atoms with van der Waals surface area (Å²) >= 11 is 0. The second-order valence-electron chi connectivity index (χ2n) is 7.05. The van der Waals surface area contributed by atoms with E-state index in [-0.39, 0.29) is 29.4 Å². The summed E-state index contributed by atoms with van der Waals surface area (Å²) in [7, 11) is 0. The van der Waals surface area contributed by atoms with Crippen LogP contribution in [0.2, 0.25) is 0 Å². The summed E-state index contributed by atoms with van der Waals surface area (Å²) < 4.78 is 14.9. The number of hydrogen-bond acceptors (Lipinski definition) is 4. The Morgan fingerprint density at radius 2 is 2.00 bits per heavy atom. The highest BCUT2D eigenvalue weighted by Crippen LogP contribution is 2.25. The largest absolute Gasteiger partial charge is 0.347 e. The van der Waals surface area contributed by atoms with Crippen LogP contribution in [0.25, 0.3) is 5.65 Å². The zero-order chi connectivity index (χ0) is 19.8. The van der Waals surface area contributed by atoms with Crippen molar-refractivity contribution < 1.29 is 14.0 Å². The van der Waals surface area contributed by atoms with Gasteiger partial charge in [0.15, 0.2) is 11.3 Å². The Morgan fingerprint density at radius 1 is 1.25 bits per heavy atom. The van der Waals surface area contributed by atoms with Crippen molar-refractivity contribution in [1.82, 2.24) is 25.2 Å². The Labute approximate surface area is 161 Å². The monoisotopic (exact) mass is 381 g/mol. The fourth-order valence-electron chi connectivity index (χ4n) is 3.58. The SMILES string of the molecule is Cc1cc(C)n2nc(C(=O)NC3CCC(=O)NC3c3ccc(F)cc3)cc2n1. The molecule has 3 aromatic rings. The molecule has 2 unspecified atom stereocenters. The van der Waals surface area contributed by atoms with Gasteiger partial charge in [0, 0.05) is 23.9 Å². The predicted octanol–water partition coefficient (Wildman–Crippen LogP) is 2.23. The summed E-state index contributed by atoms with van der Waals surface area (Å²) in [6.45, 7) is 3.79. The Morgan fingerprint density at radius 3 is 2.75 bits per heavy atom. The number of fused-ring (bicyclic) bond motifs is 1. The van der Waals surface area contributed by atoms with E-state index in [9.17, 15) is 14.0 Å². The Kier molecular flexibility index (Phi) is 4.54. The van der Waals surface area contributed by atoms with Crippen molar-refractivity contribution in [1.29, 1.82) is 0 Å². The predicted molar refractivity (Wildman–Crippen MR) is 100 cm³/mol. The van der Waals surface area contributed by atoms with E-state index in [2.05, 4.69) is 20.7 Å². The summed E-state index contributed by atoms with van der Waals surface area (Å²) in [4.78, 5) is 29.1. The standard InChI is InChI=1S/C20H20FN5O2/c1-11-9-12(2)26-17(22-11)10-16(25-26)20(28)23-15-7-8-18(27)24-19(15)13-3-5-14(21)6-4-13/h3-6,9-10,15,19H,7-8H2,1-2H3,(H,23,28)(H,24,27). The van der Waals surface area contributed by atoms with Crippen LogP contribution in [-0.4, -0.2) is 32.5 Å². The van der Waals surface area contributed by atoms with Gasteiger partial charge in [0.2, 0.25) is 5.91 Å². The van der Waals surface area contributed by atoms with Gasteiger partial charge in [-0.15, -0.1) is 0 Å². The zero-order valence-electron chi connectivity index (χ0n) is 15.6. The van der Waals surface area contributed by atoms with Crippen molar-refractivity contribution >= 4 is 17.5 Å². The molecule has 7 nitrogen and oxygen atoms in total. The van der Waals surface area contributed by atoms with Gasteiger partial charge in [0.25, 0.3) is 5.91 Å². The lowest BCUT2D eigenvalue weighted by Gasteiger charge is -2.33. The average molecular weight is 381 g/mol. The van der Waals surface area contributed by atoms with Crippen LogP contribution in [0.1, 0.15) is 46.3 Å². The van der Waals surface area contributed by atoms with Crippen LogP contribution < -0.4 is 10.6 Å². The van der Waals surface area contributed by atoms with Gasteiger partial charge >= 0.3 is 0 Å². The number of nitrogens with zero attached hydrogens (tertiary/aromatic N) is 3. The van der Waals surface area contributed by atoms with E-state index in [1.54, 1.807) is 22.7 Å². The molecule has 0 spiro atoms. The van der Waals surface area contributed by atoms with E-state index in [1.807, 2.05) is 19.9 Å². The molecule has 3 heterocycles. The molecule has 1 aromatic carbocycles. The van der Waals surface area contributed by atoms with Crippen molar-refractivity contribution in [2.24, 2.45) is 0 Å². The summed E-state index contributed by atoms with van der Waals surface area (Å²) in [5.41, 5.74) is 3.34. The second-order valence-corrected chi connectivity index (χ2v) is 7.05. The smallest absolute Gasteiger partial charge is 0.272 e. The number of halogens is 1. The zero-order valence-corrected chi connectivity index (χ0v) is 15.6. The average Bonchev–Trinajstić information content (AvgIpc) is 3.08. The highest BCUT2D eigenvalue weighted by atomic mass is 19.1. The maximum Gasteiger partial charge on any atom is 0.272 e. The molecule has 2 N–H and O–H groups in total. The lowest BCUT2D eigenvalue weighted by Crippen LogP contribution is -2.50. The molecule has 1 saturated heterocycles. The van der Waals surface area contributed by atoms with Gasteiger partial charge in [0.1, 0.15) is 5.82 Å². The topological polar surface area (TPSA) is 88.4 Å². The first kappa shape index (κ1) is 18.1. The maximum atomic E-state index is 13.2. The van der Waals surface area contributed by atoms with Crippen LogP contribution in [0.15, 0.2) is 36.4 Å². The van der Waals surface area contributed by atoms with E-state index in [1.165, 1.54) is 12.1 Å². The maximum absolute atomic E-state index is 13.2. The Bertz CT molecular complexity index is 1060. The minimum atomic E-state index is -0.426. The summed E-state index contributed by atoms with van der Waals surface area (Å²) in [6.07, 6.45) is 0.803. The molecule has 1 aliphatic heterocycles. The third-order valence-electron chi connectivity index (χ3n) is 4.91. The van der Waals surface area contributed by atoms with E-state index in [4.69, 9.17) is 0 Å². The molecule has 8 heteroatoms. The fourth-order valence-corrected chi connectivity index (χ4v) is 3.58. The number of aryl methyl sites for hydroxylation is 2. The summed E-state index contributed by atoms with van der Waals surface area (Å²) in [5.74, 6) is -0.784. The molecule has 0 radical (unpaired) electrons. The van der Waals surface area contributed by atoms with Gasteiger partial charge < -0.3 is 10.6 Å². The molecular formula is C20H20FN5O2. The molecule has 28 heavy (non-hydrogen) atoms. The number of piperidine rings is 1. The van der Waals surface area contributed by atoms with Crippen LogP contribution in [-0.2, 0) is 4.79 Å². The number of carbonyl (C=O) groups is 2. The summed E-state index contributed by atoms with van der Waals surface area (Å²) in [5, 5.41) is 10.2. The first-order valence-electron chi connectivity index (χ1n) is 9.10. The van der Waals surface area contributed by atoms with Crippen LogP contribution in [0.4, 0.5) is 4.39 Å². The minimum Gasteiger partial charge on any atom is -0.347 e. The van der Waals surface area contributed by atoms with Crippen LogP contribution in [0.3, 0.4) is 0 Å². The van der Waals surface area contributed by atoms with E-state index in [0.29, 0.717) is 18.5 Å². The molecule has 4 rings (SSSR count). The molecule has 1 aliphatic rings. The van der Waals surface area contributed by atoms with Crippen LogP contribution in [0, 0.1) is 19.7 Å². The molecule has 1 fully saturated rings. The highest BCUT2D eigenvalue weighted by Gasteiger charge is 2.31. The Balaban J connectivity index is 1.59. The number of benzene rings is 1. The molecule has 2 aromatic heterocycles. The number of nitrogens with one attached hydrogen (secondary N) is 2. The minimum absolute atomic E-state index is 0.0946. The molecule has 144 valence electrons.